The van der Waals surface area contributed by atoms with Crippen molar-refractivity contribution in [1.82, 2.24) is 20.2 Å². The van der Waals surface area contributed by atoms with E-state index in [2.05, 4.69) is 15.6 Å². The minimum atomic E-state index is -0.324. The molecule has 0 aliphatic rings. The molecular formula is C23H22Cl2N4O4. The van der Waals surface area contributed by atoms with Crippen molar-refractivity contribution in [2.75, 3.05) is 0 Å². The van der Waals surface area contributed by atoms with Crippen LogP contribution in [0, 0.1) is 0 Å². The zero-order chi connectivity index (χ0) is 23.5. The highest BCUT2D eigenvalue weighted by Gasteiger charge is 2.17. The standard InChI is InChI=1S/C23H22Cl2N4O4/c1-4-21(30)32-26-11-14-5-8-20-17(9-14)19(25)12-29(20)23-27-22(33-28-23)16-7-6-15(10-18(16)24)31-13(2)3/h5-10,12-13,26H,4,11H2,1-3H3. The van der Waals surface area contributed by atoms with Crippen molar-refractivity contribution < 1.29 is 18.9 Å². The van der Waals surface area contributed by atoms with Gasteiger partial charge in [-0.05, 0) is 54.9 Å². The zero-order valence-corrected chi connectivity index (χ0v) is 19.8. The van der Waals surface area contributed by atoms with Gasteiger partial charge >= 0.3 is 5.97 Å². The molecule has 8 nitrogen and oxygen atoms in total. The number of carbonyl (C=O) groups is 1. The van der Waals surface area contributed by atoms with E-state index in [9.17, 15) is 4.79 Å². The molecule has 0 aliphatic carbocycles. The van der Waals surface area contributed by atoms with Gasteiger partial charge in [-0.25, -0.2) is 0 Å². The van der Waals surface area contributed by atoms with Crippen LogP contribution in [0.25, 0.3) is 28.3 Å². The Morgan fingerprint density at radius 2 is 2.00 bits per heavy atom. The number of hydroxylamine groups is 1. The summed E-state index contributed by atoms with van der Waals surface area (Å²) in [6.45, 7) is 5.97. The largest absolute Gasteiger partial charge is 0.491 e. The van der Waals surface area contributed by atoms with E-state index in [0.29, 0.717) is 40.3 Å². The van der Waals surface area contributed by atoms with Crippen molar-refractivity contribution >= 4 is 40.1 Å². The third kappa shape index (κ3) is 5.13. The van der Waals surface area contributed by atoms with Gasteiger partial charge in [-0.1, -0.05) is 36.2 Å². The van der Waals surface area contributed by atoms with Crippen LogP contribution >= 0.6 is 23.2 Å². The molecule has 0 radical (unpaired) electrons. The zero-order valence-electron chi connectivity index (χ0n) is 18.3. The molecule has 172 valence electrons. The molecule has 4 aromatic rings. The number of hydrogen-bond donors (Lipinski definition) is 1. The van der Waals surface area contributed by atoms with Crippen molar-refractivity contribution in [3.05, 3.63) is 58.2 Å². The van der Waals surface area contributed by atoms with Crippen LogP contribution in [0.1, 0.15) is 32.8 Å². The van der Waals surface area contributed by atoms with Crippen LogP contribution in [0.3, 0.4) is 0 Å². The number of fused-ring (bicyclic) bond motifs is 1. The van der Waals surface area contributed by atoms with E-state index in [4.69, 9.17) is 37.3 Å². The van der Waals surface area contributed by atoms with Crippen molar-refractivity contribution in [3.63, 3.8) is 0 Å². The third-order valence-electron chi connectivity index (χ3n) is 4.74. The highest BCUT2D eigenvalue weighted by atomic mass is 35.5. The van der Waals surface area contributed by atoms with Gasteiger partial charge in [-0.15, -0.1) is 5.48 Å². The molecule has 0 fully saturated rings. The Hall–Kier alpha value is -3.07. The van der Waals surface area contributed by atoms with Crippen molar-refractivity contribution in [2.24, 2.45) is 0 Å². The molecule has 2 aromatic carbocycles. The predicted octanol–water partition coefficient (Wildman–Crippen LogP) is 5.73. The highest BCUT2D eigenvalue weighted by molar-refractivity contribution is 6.35. The van der Waals surface area contributed by atoms with E-state index in [1.54, 1.807) is 35.9 Å². The first-order valence-corrected chi connectivity index (χ1v) is 11.1. The molecule has 0 atom stereocenters. The van der Waals surface area contributed by atoms with Crippen molar-refractivity contribution in [2.45, 2.75) is 39.8 Å². The summed E-state index contributed by atoms with van der Waals surface area (Å²) in [5.41, 5.74) is 4.95. The highest BCUT2D eigenvalue weighted by Crippen LogP contribution is 2.33. The number of ether oxygens (including phenoxy) is 1. The second-order valence-electron chi connectivity index (χ2n) is 7.56. The van der Waals surface area contributed by atoms with Gasteiger partial charge in [0.25, 0.3) is 11.8 Å². The monoisotopic (exact) mass is 488 g/mol. The lowest BCUT2D eigenvalue weighted by atomic mass is 10.1. The minimum Gasteiger partial charge on any atom is -0.491 e. The lowest BCUT2D eigenvalue weighted by Crippen LogP contribution is -2.18. The van der Waals surface area contributed by atoms with Gasteiger partial charge in [0, 0.05) is 18.0 Å². The molecule has 2 heterocycles. The quantitative estimate of drug-likeness (QED) is 0.316. The van der Waals surface area contributed by atoms with E-state index in [1.807, 2.05) is 32.0 Å². The first kappa shape index (κ1) is 23.1. The van der Waals surface area contributed by atoms with Gasteiger partial charge in [0.1, 0.15) is 5.75 Å². The van der Waals surface area contributed by atoms with Crippen molar-refractivity contribution in [3.8, 4) is 23.2 Å². The molecule has 0 aliphatic heterocycles. The molecule has 0 unspecified atom stereocenters. The van der Waals surface area contributed by atoms with Gasteiger partial charge in [0.2, 0.25) is 0 Å². The normalized spacial score (nSPS) is 11.3. The Bertz CT molecular complexity index is 1300. The molecule has 1 N–H and O–H groups in total. The molecule has 0 bridgehead atoms. The summed E-state index contributed by atoms with van der Waals surface area (Å²) in [6, 6.07) is 11.0. The Morgan fingerprint density at radius 3 is 2.73 bits per heavy atom. The summed E-state index contributed by atoms with van der Waals surface area (Å²) >= 11 is 12.9. The maximum absolute atomic E-state index is 11.3. The lowest BCUT2D eigenvalue weighted by molar-refractivity contribution is -0.151. The number of aromatic nitrogens is 3. The fraction of sp³-hybridized carbons (Fsp3) is 0.261. The molecule has 33 heavy (non-hydrogen) atoms. The fourth-order valence-electron chi connectivity index (χ4n) is 3.22. The molecule has 0 spiro atoms. The van der Waals surface area contributed by atoms with Crippen LogP contribution in [-0.4, -0.2) is 26.8 Å². The predicted molar refractivity (Wildman–Crippen MR) is 126 cm³/mol. The van der Waals surface area contributed by atoms with Crippen LogP contribution in [-0.2, 0) is 16.2 Å². The molecular weight excluding hydrogens is 467 g/mol. The van der Waals surface area contributed by atoms with E-state index >= 15 is 0 Å². The van der Waals surface area contributed by atoms with Gasteiger partial charge in [-0.3, -0.25) is 9.36 Å². The van der Waals surface area contributed by atoms with E-state index < -0.39 is 0 Å². The smallest absolute Gasteiger partial charge is 0.324 e. The summed E-state index contributed by atoms with van der Waals surface area (Å²) in [4.78, 5) is 20.7. The number of halogens is 2. The summed E-state index contributed by atoms with van der Waals surface area (Å²) < 4.78 is 12.9. The van der Waals surface area contributed by atoms with Crippen LogP contribution in [0.15, 0.2) is 47.1 Å². The molecule has 4 rings (SSSR count). The first-order valence-electron chi connectivity index (χ1n) is 10.4. The van der Waals surface area contributed by atoms with Crippen LogP contribution < -0.4 is 10.2 Å². The van der Waals surface area contributed by atoms with Crippen LogP contribution in [0.5, 0.6) is 5.75 Å². The third-order valence-corrected chi connectivity index (χ3v) is 5.36. The summed E-state index contributed by atoms with van der Waals surface area (Å²) in [5, 5.41) is 5.87. The molecule has 0 saturated carbocycles. The second-order valence-corrected chi connectivity index (χ2v) is 8.37. The number of rotatable bonds is 8. The van der Waals surface area contributed by atoms with Crippen LogP contribution in [0.2, 0.25) is 10.0 Å². The Kier molecular flexibility index (Phi) is 6.88. The average molecular weight is 489 g/mol. The fourth-order valence-corrected chi connectivity index (χ4v) is 3.72. The number of hydrogen-bond acceptors (Lipinski definition) is 7. The van der Waals surface area contributed by atoms with Crippen molar-refractivity contribution in [1.29, 1.82) is 0 Å². The lowest BCUT2D eigenvalue weighted by Gasteiger charge is -2.10. The Labute approximate surface area is 200 Å². The van der Waals surface area contributed by atoms with E-state index in [1.165, 1.54) is 0 Å². The van der Waals surface area contributed by atoms with Gasteiger partial charge in [0.05, 0.1) is 33.8 Å². The number of carbonyl (C=O) groups excluding carboxylic acids is 1. The SMILES string of the molecule is CCC(=O)ONCc1ccc2c(c1)c(Cl)cn2-c1noc(-c2ccc(OC(C)C)cc2Cl)n1. The average Bonchev–Trinajstić information content (AvgIpc) is 3.38. The maximum atomic E-state index is 11.3. The molecule has 2 aromatic heterocycles. The van der Waals surface area contributed by atoms with E-state index in [-0.39, 0.29) is 18.0 Å². The number of nitrogens with zero attached hydrogens (tertiary/aromatic N) is 3. The van der Waals surface area contributed by atoms with Gasteiger partial charge < -0.3 is 14.1 Å². The Balaban J connectivity index is 1.58. The first-order chi connectivity index (χ1) is 15.9. The minimum absolute atomic E-state index is 0.0383. The van der Waals surface area contributed by atoms with E-state index in [0.717, 1.165) is 16.5 Å². The topological polar surface area (TPSA) is 91.4 Å². The molecule has 0 amide bonds. The van der Waals surface area contributed by atoms with Gasteiger partial charge in [0.15, 0.2) is 0 Å². The maximum Gasteiger partial charge on any atom is 0.324 e. The summed E-state index contributed by atoms with van der Waals surface area (Å²) in [7, 11) is 0. The summed E-state index contributed by atoms with van der Waals surface area (Å²) in [5.74, 6) is 0.942. The second kappa shape index (κ2) is 9.82. The Morgan fingerprint density at radius 1 is 1.18 bits per heavy atom. The number of nitrogens with one attached hydrogen (secondary N) is 1. The summed E-state index contributed by atoms with van der Waals surface area (Å²) in [6.07, 6.45) is 2.06. The molecule has 0 saturated heterocycles. The van der Waals surface area contributed by atoms with Gasteiger partial charge in [-0.2, -0.15) is 4.98 Å². The van der Waals surface area contributed by atoms with Crippen LogP contribution in [0.4, 0.5) is 0 Å². The molecule has 10 heteroatoms. The number of benzene rings is 2.